The van der Waals surface area contributed by atoms with Crippen LogP contribution in [0.4, 0.5) is 5.95 Å². The highest BCUT2D eigenvalue weighted by molar-refractivity contribution is 7.09. The van der Waals surface area contributed by atoms with Crippen molar-refractivity contribution >= 4 is 40.7 Å². The van der Waals surface area contributed by atoms with Gasteiger partial charge in [-0.15, -0.1) is 0 Å². The summed E-state index contributed by atoms with van der Waals surface area (Å²) in [5.74, 6) is 0.260. The molecule has 0 saturated carbocycles. The maximum atomic E-state index is 5.99. The second kappa shape index (κ2) is 3.73. The minimum absolute atomic E-state index is 0.260. The molecule has 0 atom stereocenters. The molecule has 0 aliphatic rings. The Kier molecular flexibility index (Phi) is 2.58. The van der Waals surface area contributed by atoms with E-state index in [9.17, 15) is 0 Å². The number of nitrogens with two attached hydrogens (primary N) is 1. The van der Waals surface area contributed by atoms with Crippen molar-refractivity contribution in [1.29, 1.82) is 0 Å². The van der Waals surface area contributed by atoms with Gasteiger partial charge in [0.05, 0.1) is 5.02 Å². The minimum atomic E-state index is 0.260. The van der Waals surface area contributed by atoms with Crippen LogP contribution < -0.4 is 5.73 Å². The summed E-state index contributed by atoms with van der Waals surface area (Å²) in [6.07, 6.45) is 0. The van der Waals surface area contributed by atoms with Gasteiger partial charge in [-0.1, -0.05) is 23.2 Å². The number of hydrogen-bond donors (Lipinski definition) is 1. The third kappa shape index (κ3) is 1.82. The Labute approximate surface area is 94.7 Å². The molecule has 0 unspecified atom stereocenters. The summed E-state index contributed by atoms with van der Waals surface area (Å²) < 4.78 is 3.87. The Morgan fingerprint density at radius 2 is 2.07 bits per heavy atom. The number of halogens is 2. The number of rotatable bonds is 1. The van der Waals surface area contributed by atoms with Crippen LogP contribution in [-0.2, 0) is 0 Å². The van der Waals surface area contributed by atoms with Gasteiger partial charge in [-0.3, -0.25) is 0 Å². The lowest BCUT2D eigenvalue weighted by molar-refractivity contribution is 1.34. The molecule has 1 aromatic heterocycles. The fourth-order valence-electron chi connectivity index (χ4n) is 1.01. The summed E-state index contributed by atoms with van der Waals surface area (Å²) in [5.41, 5.74) is 6.21. The standard InChI is InChI=1S/C8H5Cl2N3S/c9-4-1-2-5(6(10)3-4)7-12-8(11)13-14-7/h1-3H,(H2,11,13). The van der Waals surface area contributed by atoms with E-state index >= 15 is 0 Å². The van der Waals surface area contributed by atoms with Crippen molar-refractivity contribution in [3.8, 4) is 10.6 Å². The molecule has 0 aliphatic heterocycles. The van der Waals surface area contributed by atoms with E-state index in [0.717, 1.165) is 5.56 Å². The Morgan fingerprint density at radius 1 is 1.29 bits per heavy atom. The summed E-state index contributed by atoms with van der Waals surface area (Å²) in [6, 6.07) is 5.21. The van der Waals surface area contributed by atoms with Crippen LogP contribution in [0.5, 0.6) is 0 Å². The van der Waals surface area contributed by atoms with Crippen molar-refractivity contribution in [2.24, 2.45) is 0 Å². The lowest BCUT2D eigenvalue weighted by Crippen LogP contribution is -1.85. The zero-order chi connectivity index (χ0) is 10.1. The summed E-state index contributed by atoms with van der Waals surface area (Å²) in [7, 11) is 0. The van der Waals surface area contributed by atoms with Gasteiger partial charge in [0.25, 0.3) is 0 Å². The molecule has 1 aromatic carbocycles. The third-order valence-corrected chi connectivity index (χ3v) is 2.91. The van der Waals surface area contributed by atoms with Crippen molar-refractivity contribution in [2.75, 3.05) is 5.73 Å². The van der Waals surface area contributed by atoms with Crippen molar-refractivity contribution in [1.82, 2.24) is 9.36 Å². The van der Waals surface area contributed by atoms with E-state index in [1.54, 1.807) is 18.2 Å². The van der Waals surface area contributed by atoms with E-state index in [-0.39, 0.29) is 5.95 Å². The molecule has 2 rings (SSSR count). The maximum Gasteiger partial charge on any atom is 0.232 e. The zero-order valence-electron chi connectivity index (χ0n) is 6.87. The van der Waals surface area contributed by atoms with Crippen LogP contribution in [0.2, 0.25) is 10.0 Å². The first-order valence-electron chi connectivity index (χ1n) is 3.71. The molecule has 0 fully saturated rings. The van der Waals surface area contributed by atoms with Crippen LogP contribution in [0.15, 0.2) is 18.2 Å². The molecular weight excluding hydrogens is 241 g/mol. The fraction of sp³-hybridized carbons (Fsp3) is 0. The Morgan fingerprint density at radius 3 is 2.64 bits per heavy atom. The number of aromatic nitrogens is 2. The molecule has 2 N–H and O–H groups in total. The number of anilines is 1. The van der Waals surface area contributed by atoms with Gasteiger partial charge in [0.2, 0.25) is 5.95 Å². The Balaban J connectivity index is 2.52. The molecule has 1 heterocycles. The Bertz CT molecular complexity index is 469. The number of nitrogen functional groups attached to an aromatic ring is 1. The Hall–Kier alpha value is -0.840. The fourth-order valence-corrected chi connectivity index (χ4v) is 2.19. The molecule has 0 spiro atoms. The molecule has 0 saturated heterocycles. The molecule has 2 aromatic rings. The van der Waals surface area contributed by atoms with Gasteiger partial charge >= 0.3 is 0 Å². The SMILES string of the molecule is Nc1nsc(-c2ccc(Cl)cc2Cl)n1. The lowest BCUT2D eigenvalue weighted by Gasteiger charge is -1.98. The predicted molar refractivity (Wildman–Crippen MR) is 59.8 cm³/mol. The second-order valence-electron chi connectivity index (χ2n) is 2.58. The van der Waals surface area contributed by atoms with Gasteiger partial charge in [0.15, 0.2) is 0 Å². The number of benzene rings is 1. The van der Waals surface area contributed by atoms with Crippen LogP contribution in [0.3, 0.4) is 0 Å². The van der Waals surface area contributed by atoms with Crippen molar-refractivity contribution in [2.45, 2.75) is 0 Å². The number of hydrogen-bond acceptors (Lipinski definition) is 4. The second-order valence-corrected chi connectivity index (χ2v) is 4.18. The molecular formula is C8H5Cl2N3S. The van der Waals surface area contributed by atoms with E-state index in [0.29, 0.717) is 15.1 Å². The molecule has 72 valence electrons. The molecule has 3 nitrogen and oxygen atoms in total. The summed E-state index contributed by atoms with van der Waals surface area (Å²) in [6.45, 7) is 0. The van der Waals surface area contributed by atoms with E-state index in [1.807, 2.05) is 0 Å². The van der Waals surface area contributed by atoms with Gasteiger partial charge in [-0.2, -0.15) is 9.36 Å². The van der Waals surface area contributed by atoms with Gasteiger partial charge in [-0.05, 0) is 29.7 Å². The van der Waals surface area contributed by atoms with Crippen LogP contribution in [0.1, 0.15) is 0 Å². The first kappa shape index (κ1) is 9.71. The third-order valence-electron chi connectivity index (χ3n) is 1.60. The summed E-state index contributed by atoms with van der Waals surface area (Å²) in [4.78, 5) is 4.03. The van der Waals surface area contributed by atoms with Gasteiger partial charge in [0.1, 0.15) is 5.01 Å². The maximum absolute atomic E-state index is 5.99. The highest BCUT2D eigenvalue weighted by Crippen LogP contribution is 2.31. The molecule has 6 heteroatoms. The largest absolute Gasteiger partial charge is 0.367 e. The van der Waals surface area contributed by atoms with Crippen molar-refractivity contribution in [3.63, 3.8) is 0 Å². The average molecular weight is 246 g/mol. The highest BCUT2D eigenvalue weighted by Gasteiger charge is 2.08. The highest BCUT2D eigenvalue weighted by atomic mass is 35.5. The molecule has 0 radical (unpaired) electrons. The van der Waals surface area contributed by atoms with E-state index in [1.165, 1.54) is 11.5 Å². The van der Waals surface area contributed by atoms with Crippen LogP contribution in [0.25, 0.3) is 10.6 Å². The van der Waals surface area contributed by atoms with E-state index in [2.05, 4.69) is 9.36 Å². The molecule has 0 amide bonds. The summed E-state index contributed by atoms with van der Waals surface area (Å²) in [5, 5.41) is 1.84. The summed E-state index contributed by atoms with van der Waals surface area (Å²) >= 11 is 13.0. The van der Waals surface area contributed by atoms with Crippen LogP contribution in [0, 0.1) is 0 Å². The predicted octanol–water partition coefficient (Wildman–Crippen LogP) is 3.09. The minimum Gasteiger partial charge on any atom is -0.367 e. The van der Waals surface area contributed by atoms with E-state index in [4.69, 9.17) is 28.9 Å². The molecule has 14 heavy (non-hydrogen) atoms. The van der Waals surface area contributed by atoms with Crippen LogP contribution in [-0.4, -0.2) is 9.36 Å². The first-order valence-corrected chi connectivity index (χ1v) is 5.24. The first-order chi connectivity index (χ1) is 6.66. The van der Waals surface area contributed by atoms with Gasteiger partial charge in [-0.25, -0.2) is 0 Å². The lowest BCUT2D eigenvalue weighted by atomic mass is 10.2. The van der Waals surface area contributed by atoms with Crippen molar-refractivity contribution < 1.29 is 0 Å². The zero-order valence-corrected chi connectivity index (χ0v) is 9.20. The normalized spacial score (nSPS) is 10.4. The topological polar surface area (TPSA) is 51.8 Å². The van der Waals surface area contributed by atoms with E-state index < -0.39 is 0 Å². The average Bonchev–Trinajstić information content (AvgIpc) is 2.51. The quantitative estimate of drug-likeness (QED) is 0.841. The van der Waals surface area contributed by atoms with Gasteiger partial charge in [0, 0.05) is 10.6 Å². The molecule has 0 bridgehead atoms. The van der Waals surface area contributed by atoms with Crippen LogP contribution >= 0.6 is 34.7 Å². The van der Waals surface area contributed by atoms with Crippen molar-refractivity contribution in [3.05, 3.63) is 28.2 Å². The monoisotopic (exact) mass is 245 g/mol. The van der Waals surface area contributed by atoms with Gasteiger partial charge < -0.3 is 5.73 Å². The molecule has 0 aliphatic carbocycles. The number of nitrogens with zero attached hydrogens (tertiary/aromatic N) is 2. The smallest absolute Gasteiger partial charge is 0.232 e.